The van der Waals surface area contributed by atoms with Crippen molar-refractivity contribution in [1.82, 2.24) is 0 Å². The Morgan fingerprint density at radius 1 is 1.03 bits per heavy atom. The van der Waals surface area contributed by atoms with Gasteiger partial charge in [0.2, 0.25) is 0 Å². The molecule has 0 atom stereocenters. The fraction of sp³-hybridized carbons (Fsp3) is 0.571. The highest BCUT2D eigenvalue weighted by atomic mass is 16.6. The molecule has 0 aliphatic heterocycles. The molecule has 0 spiro atoms. The van der Waals surface area contributed by atoms with Gasteiger partial charge in [0.1, 0.15) is 18.0 Å². The molecule has 0 N–H and O–H groups in total. The second kappa shape index (κ2) is 10.2. The van der Waals surface area contributed by atoms with Crippen LogP contribution in [0.25, 0.3) is 0 Å². The van der Waals surface area contributed by atoms with Gasteiger partial charge in [-0.25, -0.2) is 4.79 Å². The van der Waals surface area contributed by atoms with E-state index in [0.29, 0.717) is 0 Å². The SMILES string of the molecule is COC(=O)Cc1c(OCC(=O)OC(C)(C)C)cc(COC(=O)C(C)(C)C)cc1[N+](=O)[O-]. The third-order valence-electron chi connectivity index (χ3n) is 3.74. The minimum Gasteiger partial charge on any atom is -0.481 e. The number of rotatable bonds is 8. The van der Waals surface area contributed by atoms with Crippen LogP contribution in [0.2, 0.25) is 0 Å². The van der Waals surface area contributed by atoms with E-state index in [2.05, 4.69) is 4.74 Å². The Labute approximate surface area is 180 Å². The van der Waals surface area contributed by atoms with E-state index in [0.717, 1.165) is 7.11 Å². The number of methoxy groups -OCH3 is 1. The zero-order chi connectivity index (χ0) is 24.0. The summed E-state index contributed by atoms with van der Waals surface area (Å²) in [4.78, 5) is 46.8. The van der Waals surface area contributed by atoms with Crippen LogP contribution >= 0.6 is 0 Å². The Morgan fingerprint density at radius 3 is 2.13 bits per heavy atom. The van der Waals surface area contributed by atoms with Gasteiger partial charge in [0.05, 0.1) is 29.4 Å². The third kappa shape index (κ3) is 8.61. The molecule has 0 aliphatic rings. The van der Waals surface area contributed by atoms with Gasteiger partial charge >= 0.3 is 17.9 Å². The lowest BCUT2D eigenvalue weighted by Gasteiger charge is -2.20. The van der Waals surface area contributed by atoms with Gasteiger partial charge in [0.25, 0.3) is 5.69 Å². The number of esters is 3. The molecule has 1 aromatic rings. The highest BCUT2D eigenvalue weighted by Crippen LogP contribution is 2.32. The molecule has 1 aromatic carbocycles. The molecule has 0 saturated carbocycles. The average Bonchev–Trinajstić information content (AvgIpc) is 2.62. The van der Waals surface area contributed by atoms with Crippen LogP contribution in [0.3, 0.4) is 0 Å². The van der Waals surface area contributed by atoms with Crippen molar-refractivity contribution in [2.75, 3.05) is 13.7 Å². The lowest BCUT2D eigenvalue weighted by atomic mass is 9.97. The number of carbonyl (C=O) groups is 3. The molecule has 0 unspecified atom stereocenters. The monoisotopic (exact) mass is 439 g/mol. The van der Waals surface area contributed by atoms with Crippen molar-refractivity contribution < 1.29 is 38.3 Å². The molecular formula is C21H29NO9. The zero-order valence-electron chi connectivity index (χ0n) is 18.9. The molecule has 0 fully saturated rings. The number of hydrogen-bond donors (Lipinski definition) is 0. The second-order valence-corrected chi connectivity index (χ2v) is 8.80. The van der Waals surface area contributed by atoms with E-state index < -0.39 is 52.6 Å². The van der Waals surface area contributed by atoms with Crippen LogP contribution < -0.4 is 4.74 Å². The summed E-state index contributed by atoms with van der Waals surface area (Å²) in [5.41, 5.74) is -1.73. The molecule has 10 nitrogen and oxygen atoms in total. The van der Waals surface area contributed by atoms with E-state index in [1.165, 1.54) is 12.1 Å². The average molecular weight is 439 g/mol. The molecule has 31 heavy (non-hydrogen) atoms. The molecule has 172 valence electrons. The number of nitrogens with zero attached hydrogens (tertiary/aromatic N) is 1. The van der Waals surface area contributed by atoms with E-state index >= 15 is 0 Å². The Balaban J connectivity index is 3.27. The fourth-order valence-electron chi connectivity index (χ4n) is 2.33. The van der Waals surface area contributed by atoms with Crippen molar-refractivity contribution in [3.63, 3.8) is 0 Å². The van der Waals surface area contributed by atoms with Crippen molar-refractivity contribution in [3.8, 4) is 5.75 Å². The van der Waals surface area contributed by atoms with Crippen LogP contribution in [0.1, 0.15) is 52.7 Å². The number of nitro groups is 1. The predicted molar refractivity (Wildman–Crippen MR) is 109 cm³/mol. The molecule has 0 heterocycles. The van der Waals surface area contributed by atoms with Crippen molar-refractivity contribution >= 4 is 23.6 Å². The molecule has 0 saturated heterocycles. The van der Waals surface area contributed by atoms with E-state index in [1.807, 2.05) is 0 Å². The third-order valence-corrected chi connectivity index (χ3v) is 3.74. The van der Waals surface area contributed by atoms with Gasteiger partial charge < -0.3 is 18.9 Å². The van der Waals surface area contributed by atoms with Gasteiger partial charge in [-0.15, -0.1) is 0 Å². The van der Waals surface area contributed by atoms with Crippen LogP contribution in [-0.4, -0.2) is 42.1 Å². The largest absolute Gasteiger partial charge is 0.481 e. The second-order valence-electron chi connectivity index (χ2n) is 8.80. The first-order chi connectivity index (χ1) is 14.1. The zero-order valence-corrected chi connectivity index (χ0v) is 18.9. The van der Waals surface area contributed by atoms with Crippen molar-refractivity contribution in [2.45, 2.75) is 60.2 Å². The van der Waals surface area contributed by atoms with Gasteiger partial charge in [0, 0.05) is 6.07 Å². The Bertz CT molecular complexity index is 848. The topological polar surface area (TPSA) is 131 Å². The number of benzene rings is 1. The first-order valence-electron chi connectivity index (χ1n) is 9.53. The summed E-state index contributed by atoms with van der Waals surface area (Å²) in [6, 6.07) is 2.57. The minimum atomic E-state index is -0.757. The van der Waals surface area contributed by atoms with E-state index in [-0.39, 0.29) is 23.5 Å². The molecule has 0 amide bonds. The Hall–Kier alpha value is -3.17. The van der Waals surface area contributed by atoms with Crippen molar-refractivity contribution in [2.24, 2.45) is 5.41 Å². The summed E-state index contributed by atoms with van der Waals surface area (Å²) < 4.78 is 20.5. The first-order valence-corrected chi connectivity index (χ1v) is 9.53. The molecule has 10 heteroatoms. The number of nitro benzene ring substituents is 1. The maximum atomic E-state index is 12.0. The fourth-order valence-corrected chi connectivity index (χ4v) is 2.33. The van der Waals surface area contributed by atoms with Crippen LogP contribution in [-0.2, 0) is 41.6 Å². The van der Waals surface area contributed by atoms with Crippen molar-refractivity contribution in [3.05, 3.63) is 33.4 Å². The van der Waals surface area contributed by atoms with E-state index in [9.17, 15) is 24.5 Å². The van der Waals surface area contributed by atoms with Gasteiger partial charge in [-0.3, -0.25) is 19.7 Å². The molecule has 0 aliphatic carbocycles. The van der Waals surface area contributed by atoms with Crippen molar-refractivity contribution in [1.29, 1.82) is 0 Å². The van der Waals surface area contributed by atoms with Crippen LogP contribution in [0.4, 0.5) is 5.69 Å². The highest BCUT2D eigenvalue weighted by molar-refractivity contribution is 5.77. The summed E-state index contributed by atoms with van der Waals surface area (Å²) in [5, 5.41) is 11.6. The standard InChI is InChI=1S/C21H29NO9/c1-20(2,3)19(25)30-11-13-8-15(22(26)27)14(10-17(23)28-7)16(9-13)29-12-18(24)31-21(4,5)6/h8-9H,10-12H2,1-7H3. The molecule has 0 aromatic heterocycles. The van der Waals surface area contributed by atoms with Crippen LogP contribution in [0.15, 0.2) is 12.1 Å². The van der Waals surface area contributed by atoms with Gasteiger partial charge in [-0.2, -0.15) is 0 Å². The quantitative estimate of drug-likeness (QED) is 0.259. The van der Waals surface area contributed by atoms with Gasteiger partial charge in [-0.1, -0.05) is 0 Å². The lowest BCUT2D eigenvalue weighted by molar-refractivity contribution is -0.385. The van der Waals surface area contributed by atoms with Gasteiger partial charge in [0.15, 0.2) is 6.61 Å². The molecule has 1 rings (SSSR count). The first kappa shape index (κ1) is 25.9. The smallest absolute Gasteiger partial charge is 0.344 e. The summed E-state index contributed by atoms with van der Waals surface area (Å²) in [6.45, 7) is 9.28. The molecule has 0 bridgehead atoms. The van der Waals surface area contributed by atoms with E-state index in [4.69, 9.17) is 14.2 Å². The molecule has 0 radical (unpaired) electrons. The normalized spacial score (nSPS) is 11.5. The van der Waals surface area contributed by atoms with Crippen LogP contribution in [0, 0.1) is 15.5 Å². The summed E-state index contributed by atoms with van der Waals surface area (Å²) in [6.07, 6.45) is -0.446. The number of hydrogen-bond acceptors (Lipinski definition) is 9. The molecular weight excluding hydrogens is 410 g/mol. The predicted octanol–water partition coefficient (Wildman–Crippen LogP) is 3.12. The summed E-state index contributed by atoms with van der Waals surface area (Å²) >= 11 is 0. The Morgan fingerprint density at radius 2 is 1.65 bits per heavy atom. The number of carbonyl (C=O) groups excluding carboxylic acids is 3. The Kier molecular flexibility index (Phi) is 8.54. The maximum Gasteiger partial charge on any atom is 0.344 e. The summed E-state index contributed by atoms with van der Waals surface area (Å²) in [7, 11) is 1.15. The highest BCUT2D eigenvalue weighted by Gasteiger charge is 2.27. The lowest BCUT2D eigenvalue weighted by Crippen LogP contribution is -2.27. The maximum absolute atomic E-state index is 12.0. The van der Waals surface area contributed by atoms with Gasteiger partial charge in [-0.05, 0) is 53.2 Å². The minimum absolute atomic E-state index is 0.0636. The summed E-state index contributed by atoms with van der Waals surface area (Å²) in [5.74, 6) is -1.99. The van der Waals surface area contributed by atoms with E-state index in [1.54, 1.807) is 41.5 Å². The number of ether oxygens (including phenoxy) is 4. The van der Waals surface area contributed by atoms with Crippen LogP contribution in [0.5, 0.6) is 5.75 Å².